The van der Waals surface area contributed by atoms with Gasteiger partial charge in [-0.05, 0) is 103 Å². The maximum atomic E-state index is 12.6. The molecule has 2 heterocycles. The molecule has 0 saturated heterocycles. The molecule has 1 N–H and O–H groups in total. The van der Waals surface area contributed by atoms with Gasteiger partial charge in [-0.1, -0.05) is 187 Å². The van der Waals surface area contributed by atoms with Gasteiger partial charge in [0.1, 0.15) is 11.6 Å². The minimum absolute atomic E-state index is 0.0595. The molecular weight excluding hydrogens is 795 g/mol. The zero-order chi connectivity index (χ0) is 46.3. The minimum atomic E-state index is -1.86. The first-order valence-corrected chi connectivity index (χ1v) is 26.5. The summed E-state index contributed by atoms with van der Waals surface area (Å²) >= 11 is 0. The van der Waals surface area contributed by atoms with Gasteiger partial charge in [-0.25, -0.2) is 9.97 Å². The van der Waals surface area contributed by atoms with E-state index in [4.69, 9.17) is 9.97 Å². The Morgan fingerprint density at radius 3 is 1.75 bits per heavy atom. The molecule has 0 saturated carbocycles. The van der Waals surface area contributed by atoms with E-state index in [0.717, 1.165) is 61.5 Å². The van der Waals surface area contributed by atoms with Gasteiger partial charge in [0.25, 0.3) is 0 Å². The third-order valence-corrected chi connectivity index (χ3v) is 14.9. The Kier molecular flexibility index (Phi) is 11.0. The molecule has 8 rings (SSSR count). The molecule has 0 atom stereocenters. The summed E-state index contributed by atoms with van der Waals surface area (Å²) in [6.07, 6.45) is 0. The Morgan fingerprint density at radius 1 is 0.484 bits per heavy atom. The van der Waals surface area contributed by atoms with Crippen molar-refractivity contribution < 1.29 is 5.11 Å². The SMILES string of the molecule is CC(C)(C)c1ccc(-n2c(-c3cc(C(C)(C)C)cc(C(C)(C)C)c3O)nc3c(-c4cc([Si](C)(C)C)cc(-c5cc(C(C)(C)C)c6ccccc6c5)n4)cccc32)c(-c2ccccc2)c1. The normalized spacial score (nSPS) is 13.0. The molecule has 0 bridgehead atoms. The highest BCUT2D eigenvalue weighted by molar-refractivity contribution is 6.88. The fourth-order valence-electron chi connectivity index (χ4n) is 8.92. The van der Waals surface area contributed by atoms with Gasteiger partial charge in [-0.15, -0.1) is 0 Å². The molecule has 0 amide bonds. The van der Waals surface area contributed by atoms with Crippen LogP contribution in [0.4, 0.5) is 0 Å². The minimum Gasteiger partial charge on any atom is -0.507 e. The zero-order valence-corrected chi connectivity index (χ0v) is 41.9. The van der Waals surface area contributed by atoms with Crippen LogP contribution in [0.1, 0.15) is 105 Å². The summed E-state index contributed by atoms with van der Waals surface area (Å²) in [5.74, 6) is 0.960. The van der Waals surface area contributed by atoms with Crippen LogP contribution in [0, 0.1) is 0 Å². The van der Waals surface area contributed by atoms with Gasteiger partial charge in [-0.2, -0.15) is 0 Å². The van der Waals surface area contributed by atoms with E-state index < -0.39 is 8.07 Å². The number of aromatic hydroxyl groups is 1. The van der Waals surface area contributed by atoms with Crippen LogP contribution < -0.4 is 5.19 Å². The summed E-state index contributed by atoms with van der Waals surface area (Å²) < 4.78 is 2.30. The van der Waals surface area contributed by atoms with Gasteiger partial charge in [0.2, 0.25) is 0 Å². The predicted octanol–water partition coefficient (Wildman–Crippen LogP) is 15.7. The van der Waals surface area contributed by atoms with Gasteiger partial charge in [0.05, 0.1) is 41.7 Å². The van der Waals surface area contributed by atoms with Crippen LogP contribution in [0.25, 0.3) is 72.5 Å². The van der Waals surface area contributed by atoms with Gasteiger partial charge >= 0.3 is 0 Å². The predicted molar refractivity (Wildman–Crippen MR) is 278 cm³/mol. The topological polar surface area (TPSA) is 50.9 Å². The summed E-state index contributed by atoms with van der Waals surface area (Å²) in [4.78, 5) is 11.3. The van der Waals surface area contributed by atoms with E-state index in [1.165, 1.54) is 27.1 Å². The molecule has 0 aliphatic heterocycles. The Labute approximate surface area is 383 Å². The maximum absolute atomic E-state index is 12.6. The lowest BCUT2D eigenvalue weighted by atomic mass is 9.79. The molecule has 0 unspecified atom stereocenters. The van der Waals surface area contributed by atoms with Crippen molar-refractivity contribution in [1.29, 1.82) is 0 Å². The van der Waals surface area contributed by atoms with Gasteiger partial charge in [0, 0.05) is 22.3 Å². The van der Waals surface area contributed by atoms with Crippen LogP contribution in [-0.4, -0.2) is 27.7 Å². The fourth-order valence-corrected chi connectivity index (χ4v) is 10.1. The van der Waals surface area contributed by atoms with E-state index in [1.54, 1.807) is 0 Å². The quantitative estimate of drug-likeness (QED) is 0.169. The fraction of sp³-hybridized carbons (Fsp3) is 0.322. The number of para-hydroxylation sites is 1. The standard InChI is InChI=1S/C59H67N3OSi/c1-56(2,3)40-28-29-51(45(32-40)37-22-17-16-18-23-37)62-52-27-21-26-44(53(52)61-55(62)46-33-41(57(4,5)6)34-48(54(46)63)59(10,11)12)50-36-42(64(13,14)15)35-49(60-50)39-30-38-24-19-20-25-43(38)47(31-39)58(7,8)9/h16-36,63H,1-15H3. The molecule has 0 fully saturated rings. The van der Waals surface area contributed by atoms with Crippen LogP contribution in [-0.2, 0) is 21.7 Å². The van der Waals surface area contributed by atoms with E-state index in [0.29, 0.717) is 11.4 Å². The smallest absolute Gasteiger partial charge is 0.149 e. The van der Waals surface area contributed by atoms with Crippen molar-refractivity contribution in [2.24, 2.45) is 0 Å². The molecule has 0 aliphatic rings. The number of benzene rings is 6. The number of fused-ring (bicyclic) bond motifs is 2. The molecule has 0 aliphatic carbocycles. The number of hydrogen-bond donors (Lipinski definition) is 1. The molecule has 0 spiro atoms. The van der Waals surface area contributed by atoms with Gasteiger partial charge < -0.3 is 5.11 Å². The lowest BCUT2D eigenvalue weighted by Gasteiger charge is -2.28. The molecule has 64 heavy (non-hydrogen) atoms. The monoisotopic (exact) mass is 862 g/mol. The highest BCUT2D eigenvalue weighted by atomic mass is 28.3. The summed E-state index contributed by atoms with van der Waals surface area (Å²) in [5.41, 5.74) is 13.7. The molecule has 2 aromatic heterocycles. The Balaban J connectivity index is 1.49. The number of hydrogen-bond acceptors (Lipinski definition) is 3. The van der Waals surface area contributed by atoms with Crippen molar-refractivity contribution in [1.82, 2.24) is 14.5 Å². The average molecular weight is 862 g/mol. The second-order valence-electron chi connectivity index (χ2n) is 23.1. The van der Waals surface area contributed by atoms with Crippen molar-refractivity contribution in [2.75, 3.05) is 0 Å². The van der Waals surface area contributed by atoms with Crippen molar-refractivity contribution >= 4 is 35.1 Å². The van der Waals surface area contributed by atoms with Crippen LogP contribution in [0.3, 0.4) is 0 Å². The molecule has 328 valence electrons. The van der Waals surface area contributed by atoms with Crippen LogP contribution >= 0.6 is 0 Å². The number of nitrogens with zero attached hydrogens (tertiary/aromatic N) is 3. The number of pyridine rings is 1. The number of rotatable bonds is 6. The Bertz CT molecular complexity index is 3070. The summed E-state index contributed by atoms with van der Waals surface area (Å²) in [6.45, 7) is 34.2. The lowest BCUT2D eigenvalue weighted by molar-refractivity contribution is 0.446. The maximum Gasteiger partial charge on any atom is 0.149 e. The molecular formula is C59H67N3OSi. The first-order chi connectivity index (χ1) is 29.8. The van der Waals surface area contributed by atoms with E-state index in [9.17, 15) is 5.11 Å². The second-order valence-corrected chi connectivity index (χ2v) is 28.2. The molecule has 0 radical (unpaired) electrons. The molecule has 8 aromatic rings. The molecule has 5 heteroatoms. The third kappa shape index (κ3) is 8.47. The largest absolute Gasteiger partial charge is 0.507 e. The summed E-state index contributed by atoms with van der Waals surface area (Å²) in [6, 6.07) is 46.4. The summed E-state index contributed by atoms with van der Waals surface area (Å²) in [5, 5.41) is 16.4. The zero-order valence-electron chi connectivity index (χ0n) is 40.9. The Hall–Kier alpha value is -5.78. The van der Waals surface area contributed by atoms with Gasteiger partial charge in [0.15, 0.2) is 0 Å². The van der Waals surface area contributed by atoms with Crippen molar-refractivity contribution in [3.8, 4) is 56.5 Å². The second kappa shape index (κ2) is 15.7. The van der Waals surface area contributed by atoms with Crippen LogP contribution in [0.15, 0.2) is 127 Å². The number of aromatic nitrogens is 3. The molecule has 4 nitrogen and oxygen atoms in total. The van der Waals surface area contributed by atoms with Crippen molar-refractivity contribution in [3.63, 3.8) is 0 Å². The van der Waals surface area contributed by atoms with E-state index in [2.05, 4.69) is 235 Å². The number of imidazole rings is 1. The van der Waals surface area contributed by atoms with E-state index in [1.807, 2.05) is 0 Å². The first-order valence-electron chi connectivity index (χ1n) is 23.0. The van der Waals surface area contributed by atoms with E-state index in [-0.39, 0.29) is 27.4 Å². The first kappa shape index (κ1) is 44.8. The highest BCUT2D eigenvalue weighted by Crippen LogP contribution is 2.46. The highest BCUT2D eigenvalue weighted by Gasteiger charge is 2.30. The van der Waals surface area contributed by atoms with Crippen molar-refractivity contribution in [3.05, 3.63) is 150 Å². The van der Waals surface area contributed by atoms with E-state index >= 15 is 0 Å². The third-order valence-electron chi connectivity index (χ3n) is 12.8. The van der Waals surface area contributed by atoms with Crippen molar-refractivity contribution in [2.45, 2.75) is 124 Å². The summed E-state index contributed by atoms with van der Waals surface area (Å²) in [7, 11) is -1.86. The number of phenols is 1. The van der Waals surface area contributed by atoms with Crippen LogP contribution in [0.5, 0.6) is 5.75 Å². The lowest BCUT2D eigenvalue weighted by Crippen LogP contribution is -2.37. The average Bonchev–Trinajstić information content (AvgIpc) is 3.61. The number of phenolic OH excluding ortho intramolecular Hbond substituents is 1. The Morgan fingerprint density at radius 2 is 1.11 bits per heavy atom. The van der Waals surface area contributed by atoms with Gasteiger partial charge in [-0.3, -0.25) is 4.57 Å². The van der Waals surface area contributed by atoms with Crippen LogP contribution in [0.2, 0.25) is 19.6 Å². The molecule has 6 aromatic carbocycles.